The first-order valence-corrected chi connectivity index (χ1v) is 7.27. The molecule has 106 valence electrons. The SMILES string of the molecule is CNCc1cc(C)ccc1N(C)C1CCCN(C)C1. The fraction of sp³-hybridized carbons (Fsp3) is 0.625. The topological polar surface area (TPSA) is 18.5 Å². The third kappa shape index (κ3) is 3.48. The van der Waals surface area contributed by atoms with Crippen LogP contribution in [0.3, 0.4) is 0 Å². The minimum Gasteiger partial charge on any atom is -0.370 e. The minimum atomic E-state index is 0.636. The van der Waals surface area contributed by atoms with Crippen LogP contribution in [0.1, 0.15) is 24.0 Å². The van der Waals surface area contributed by atoms with Crippen LogP contribution in [0.25, 0.3) is 0 Å². The highest BCUT2D eigenvalue weighted by Crippen LogP contribution is 2.25. The van der Waals surface area contributed by atoms with E-state index in [1.807, 2.05) is 7.05 Å². The van der Waals surface area contributed by atoms with Crippen molar-refractivity contribution in [2.24, 2.45) is 0 Å². The summed E-state index contributed by atoms with van der Waals surface area (Å²) in [6.45, 7) is 5.51. The van der Waals surface area contributed by atoms with Crippen molar-refractivity contribution in [1.82, 2.24) is 10.2 Å². The van der Waals surface area contributed by atoms with Crippen molar-refractivity contribution < 1.29 is 0 Å². The van der Waals surface area contributed by atoms with Gasteiger partial charge in [0.25, 0.3) is 0 Å². The van der Waals surface area contributed by atoms with Crippen molar-refractivity contribution in [1.29, 1.82) is 0 Å². The van der Waals surface area contributed by atoms with Crippen molar-refractivity contribution >= 4 is 5.69 Å². The Bertz CT molecular complexity index is 416. The zero-order valence-corrected chi connectivity index (χ0v) is 12.7. The molecule has 0 radical (unpaired) electrons. The number of hydrogen-bond acceptors (Lipinski definition) is 3. The molecule has 1 aromatic rings. The summed E-state index contributed by atoms with van der Waals surface area (Å²) < 4.78 is 0. The number of piperidine rings is 1. The molecule has 0 bridgehead atoms. The van der Waals surface area contributed by atoms with E-state index in [9.17, 15) is 0 Å². The second-order valence-corrected chi connectivity index (χ2v) is 5.83. The van der Waals surface area contributed by atoms with E-state index in [2.05, 4.69) is 54.3 Å². The number of likely N-dealkylation sites (tertiary alicyclic amines) is 1. The molecular weight excluding hydrogens is 234 g/mol. The molecule has 1 saturated heterocycles. The first kappa shape index (κ1) is 14.4. The first-order chi connectivity index (χ1) is 9.11. The number of aryl methyl sites for hydroxylation is 1. The molecule has 1 aliphatic rings. The van der Waals surface area contributed by atoms with Crippen molar-refractivity contribution in [2.75, 3.05) is 39.1 Å². The van der Waals surface area contributed by atoms with Gasteiger partial charge in [-0.25, -0.2) is 0 Å². The predicted molar refractivity (Wildman–Crippen MR) is 82.9 cm³/mol. The summed E-state index contributed by atoms with van der Waals surface area (Å²) in [5.41, 5.74) is 4.11. The van der Waals surface area contributed by atoms with Gasteiger partial charge in [-0.2, -0.15) is 0 Å². The van der Waals surface area contributed by atoms with Crippen LogP contribution in [-0.2, 0) is 6.54 Å². The van der Waals surface area contributed by atoms with Crippen LogP contribution >= 0.6 is 0 Å². The van der Waals surface area contributed by atoms with Crippen molar-refractivity contribution in [3.05, 3.63) is 29.3 Å². The molecule has 2 rings (SSSR count). The molecule has 3 nitrogen and oxygen atoms in total. The van der Waals surface area contributed by atoms with E-state index in [0.29, 0.717) is 6.04 Å². The maximum absolute atomic E-state index is 3.28. The average Bonchev–Trinajstić information content (AvgIpc) is 2.39. The summed E-state index contributed by atoms with van der Waals surface area (Å²) in [7, 11) is 6.48. The zero-order chi connectivity index (χ0) is 13.8. The zero-order valence-electron chi connectivity index (χ0n) is 12.7. The van der Waals surface area contributed by atoms with Gasteiger partial charge in [0.15, 0.2) is 0 Å². The van der Waals surface area contributed by atoms with Crippen molar-refractivity contribution in [2.45, 2.75) is 32.4 Å². The molecule has 1 fully saturated rings. The van der Waals surface area contributed by atoms with E-state index in [1.54, 1.807) is 0 Å². The molecule has 0 amide bonds. The molecule has 19 heavy (non-hydrogen) atoms. The molecule has 0 spiro atoms. The standard InChI is InChI=1S/C16H27N3/c1-13-7-8-16(14(10-13)11-17-2)19(4)15-6-5-9-18(3)12-15/h7-8,10,15,17H,5-6,9,11-12H2,1-4H3. The number of hydrogen-bond donors (Lipinski definition) is 1. The molecular formula is C16H27N3. The molecule has 3 heteroatoms. The third-order valence-electron chi connectivity index (χ3n) is 4.13. The van der Waals surface area contributed by atoms with E-state index in [1.165, 1.54) is 42.7 Å². The van der Waals surface area contributed by atoms with Crippen LogP contribution < -0.4 is 10.2 Å². The molecule has 1 atom stereocenters. The number of likely N-dealkylation sites (N-methyl/N-ethyl adjacent to an activating group) is 2. The third-order valence-corrected chi connectivity index (χ3v) is 4.13. The summed E-state index contributed by atoms with van der Waals surface area (Å²) in [5, 5.41) is 3.28. The summed E-state index contributed by atoms with van der Waals surface area (Å²) in [6.07, 6.45) is 2.60. The molecule has 0 aliphatic carbocycles. The second-order valence-electron chi connectivity index (χ2n) is 5.83. The lowest BCUT2D eigenvalue weighted by Gasteiger charge is -2.38. The van der Waals surface area contributed by atoms with Crippen LogP contribution in [-0.4, -0.2) is 45.2 Å². The lowest BCUT2D eigenvalue weighted by atomic mass is 10.0. The van der Waals surface area contributed by atoms with Gasteiger partial charge in [0.1, 0.15) is 0 Å². The number of rotatable bonds is 4. The maximum atomic E-state index is 3.28. The van der Waals surface area contributed by atoms with E-state index >= 15 is 0 Å². The smallest absolute Gasteiger partial charge is 0.0414 e. The number of anilines is 1. The van der Waals surface area contributed by atoms with Crippen LogP contribution in [0.15, 0.2) is 18.2 Å². The largest absolute Gasteiger partial charge is 0.370 e. The van der Waals surface area contributed by atoms with E-state index in [0.717, 1.165) is 6.54 Å². The van der Waals surface area contributed by atoms with Gasteiger partial charge in [-0.1, -0.05) is 17.7 Å². The number of benzene rings is 1. The predicted octanol–water partition coefficient (Wildman–Crippen LogP) is 2.24. The minimum absolute atomic E-state index is 0.636. The summed E-state index contributed by atoms with van der Waals surface area (Å²) >= 11 is 0. The highest BCUT2D eigenvalue weighted by atomic mass is 15.2. The van der Waals surface area contributed by atoms with Gasteiger partial charge in [0.05, 0.1) is 0 Å². The summed E-state index contributed by atoms with van der Waals surface area (Å²) in [4.78, 5) is 4.92. The van der Waals surface area contributed by atoms with E-state index in [4.69, 9.17) is 0 Å². The Morgan fingerprint density at radius 3 is 2.89 bits per heavy atom. The van der Waals surface area contributed by atoms with E-state index in [-0.39, 0.29) is 0 Å². The molecule has 1 aliphatic heterocycles. The molecule has 1 aromatic carbocycles. The number of nitrogens with one attached hydrogen (secondary N) is 1. The highest BCUT2D eigenvalue weighted by molar-refractivity contribution is 5.55. The Kier molecular flexibility index (Phi) is 4.83. The van der Waals surface area contributed by atoms with E-state index < -0.39 is 0 Å². The fourth-order valence-electron chi connectivity index (χ4n) is 3.04. The fourth-order valence-corrected chi connectivity index (χ4v) is 3.04. The normalized spacial score (nSPS) is 20.5. The van der Waals surface area contributed by atoms with Crippen LogP contribution in [0.4, 0.5) is 5.69 Å². The quantitative estimate of drug-likeness (QED) is 0.897. The van der Waals surface area contributed by atoms with Crippen LogP contribution in [0, 0.1) is 6.92 Å². The van der Waals surface area contributed by atoms with Crippen LogP contribution in [0.5, 0.6) is 0 Å². The van der Waals surface area contributed by atoms with Gasteiger partial charge in [0.2, 0.25) is 0 Å². The maximum Gasteiger partial charge on any atom is 0.0414 e. The summed E-state index contributed by atoms with van der Waals surface area (Å²) in [5.74, 6) is 0. The van der Waals surface area contributed by atoms with Gasteiger partial charge >= 0.3 is 0 Å². The Morgan fingerprint density at radius 1 is 1.42 bits per heavy atom. The van der Waals surface area contributed by atoms with Gasteiger partial charge in [-0.05, 0) is 52.0 Å². The number of nitrogens with zero attached hydrogens (tertiary/aromatic N) is 2. The van der Waals surface area contributed by atoms with Gasteiger partial charge in [-0.3, -0.25) is 0 Å². The second kappa shape index (κ2) is 6.40. The molecule has 1 N–H and O–H groups in total. The lowest BCUT2D eigenvalue weighted by molar-refractivity contribution is 0.248. The Hall–Kier alpha value is -1.06. The molecule has 1 unspecified atom stereocenters. The first-order valence-electron chi connectivity index (χ1n) is 7.27. The highest BCUT2D eigenvalue weighted by Gasteiger charge is 2.22. The lowest BCUT2D eigenvalue weighted by Crippen LogP contribution is -2.45. The van der Waals surface area contributed by atoms with Crippen LogP contribution in [0.2, 0.25) is 0 Å². The summed E-state index contributed by atoms with van der Waals surface area (Å²) in [6, 6.07) is 7.43. The Labute approximate surface area is 117 Å². The van der Waals surface area contributed by atoms with Gasteiger partial charge in [0, 0.05) is 31.9 Å². The molecule has 0 aromatic heterocycles. The Balaban J connectivity index is 2.19. The van der Waals surface area contributed by atoms with Gasteiger partial charge < -0.3 is 15.1 Å². The molecule has 1 heterocycles. The van der Waals surface area contributed by atoms with Gasteiger partial charge in [-0.15, -0.1) is 0 Å². The molecule has 0 saturated carbocycles. The Morgan fingerprint density at radius 2 is 2.21 bits per heavy atom. The average molecular weight is 261 g/mol. The van der Waals surface area contributed by atoms with Crippen molar-refractivity contribution in [3.63, 3.8) is 0 Å². The van der Waals surface area contributed by atoms with Crippen molar-refractivity contribution in [3.8, 4) is 0 Å². The monoisotopic (exact) mass is 261 g/mol.